The highest BCUT2D eigenvalue weighted by molar-refractivity contribution is 4.98. The maximum absolute atomic E-state index is 9.77. The molecule has 1 aliphatic carbocycles. The minimum Gasteiger partial charge on any atom is -0.390 e. The lowest BCUT2D eigenvalue weighted by molar-refractivity contribution is 0.0266. The first-order valence-corrected chi connectivity index (χ1v) is 4.46. The molecular formula is C9H19NO. The van der Waals surface area contributed by atoms with E-state index in [1.807, 2.05) is 13.8 Å². The van der Waals surface area contributed by atoms with Crippen LogP contribution in [0.3, 0.4) is 0 Å². The monoisotopic (exact) mass is 157 g/mol. The molecule has 1 fully saturated rings. The quantitative estimate of drug-likeness (QED) is 0.645. The normalized spacial score (nSPS) is 26.2. The van der Waals surface area contributed by atoms with Gasteiger partial charge in [0.15, 0.2) is 0 Å². The van der Waals surface area contributed by atoms with Gasteiger partial charge in [0.05, 0.1) is 5.60 Å². The van der Waals surface area contributed by atoms with Gasteiger partial charge in [0.2, 0.25) is 0 Å². The van der Waals surface area contributed by atoms with Crippen molar-refractivity contribution in [3.8, 4) is 0 Å². The van der Waals surface area contributed by atoms with Crippen LogP contribution in [-0.4, -0.2) is 17.3 Å². The van der Waals surface area contributed by atoms with Crippen molar-refractivity contribution in [2.45, 2.75) is 45.1 Å². The summed E-state index contributed by atoms with van der Waals surface area (Å²) in [5.74, 6) is 0. The molecule has 1 atom stereocenters. The number of hydrogen-bond donors (Lipinski definition) is 2. The molecule has 0 radical (unpaired) electrons. The van der Waals surface area contributed by atoms with Crippen molar-refractivity contribution >= 4 is 0 Å². The average molecular weight is 157 g/mol. The first-order chi connectivity index (χ1) is 5.04. The van der Waals surface area contributed by atoms with E-state index in [4.69, 9.17) is 5.73 Å². The van der Waals surface area contributed by atoms with Gasteiger partial charge in [-0.15, -0.1) is 0 Å². The van der Waals surface area contributed by atoms with Gasteiger partial charge in [-0.1, -0.05) is 6.92 Å². The predicted molar refractivity (Wildman–Crippen MR) is 46.3 cm³/mol. The maximum Gasteiger partial charge on any atom is 0.0623 e. The standard InChI is InChI=1S/C9H19NO/c1-3-8(2,11)6-9(7-10)4-5-9/h11H,3-7,10H2,1-2H3. The van der Waals surface area contributed by atoms with Crippen LogP contribution >= 0.6 is 0 Å². The van der Waals surface area contributed by atoms with E-state index in [0.717, 1.165) is 19.4 Å². The van der Waals surface area contributed by atoms with Crippen molar-refractivity contribution in [2.75, 3.05) is 6.54 Å². The molecule has 0 aliphatic heterocycles. The highest BCUT2D eigenvalue weighted by Crippen LogP contribution is 2.50. The Morgan fingerprint density at radius 2 is 2.09 bits per heavy atom. The molecule has 1 aliphatic rings. The van der Waals surface area contributed by atoms with Crippen molar-refractivity contribution in [3.63, 3.8) is 0 Å². The summed E-state index contributed by atoms with van der Waals surface area (Å²) in [6.45, 7) is 4.67. The fourth-order valence-electron chi connectivity index (χ4n) is 1.56. The van der Waals surface area contributed by atoms with Crippen LogP contribution in [0.5, 0.6) is 0 Å². The first kappa shape index (κ1) is 9.01. The molecule has 0 spiro atoms. The average Bonchev–Trinajstić information content (AvgIpc) is 2.69. The van der Waals surface area contributed by atoms with E-state index in [2.05, 4.69) is 0 Å². The van der Waals surface area contributed by atoms with Gasteiger partial charge in [0, 0.05) is 0 Å². The zero-order chi connectivity index (χ0) is 8.54. The topological polar surface area (TPSA) is 46.2 Å². The summed E-state index contributed by atoms with van der Waals surface area (Å²) in [4.78, 5) is 0. The Hall–Kier alpha value is -0.0800. The zero-order valence-electron chi connectivity index (χ0n) is 7.56. The van der Waals surface area contributed by atoms with E-state index in [1.165, 1.54) is 12.8 Å². The van der Waals surface area contributed by atoms with E-state index in [0.29, 0.717) is 5.41 Å². The molecule has 1 rings (SSSR count). The third kappa shape index (κ3) is 2.17. The second kappa shape index (κ2) is 2.76. The second-order valence-corrected chi connectivity index (χ2v) is 4.23. The summed E-state index contributed by atoms with van der Waals surface area (Å²) >= 11 is 0. The van der Waals surface area contributed by atoms with Gasteiger partial charge in [0.25, 0.3) is 0 Å². The van der Waals surface area contributed by atoms with E-state index >= 15 is 0 Å². The second-order valence-electron chi connectivity index (χ2n) is 4.23. The van der Waals surface area contributed by atoms with E-state index in [-0.39, 0.29) is 0 Å². The van der Waals surface area contributed by atoms with Gasteiger partial charge < -0.3 is 10.8 Å². The fourth-order valence-corrected chi connectivity index (χ4v) is 1.56. The molecule has 0 aromatic rings. The number of nitrogens with two attached hydrogens (primary N) is 1. The van der Waals surface area contributed by atoms with Gasteiger partial charge in [-0.05, 0) is 44.6 Å². The molecule has 1 unspecified atom stereocenters. The third-order valence-corrected chi connectivity index (χ3v) is 2.91. The molecule has 0 heterocycles. The van der Waals surface area contributed by atoms with Crippen LogP contribution in [0.1, 0.15) is 39.5 Å². The number of rotatable bonds is 4. The molecule has 66 valence electrons. The Bertz CT molecular complexity index is 134. The van der Waals surface area contributed by atoms with Crippen molar-refractivity contribution in [1.29, 1.82) is 0 Å². The summed E-state index contributed by atoms with van der Waals surface area (Å²) in [5, 5.41) is 9.77. The Morgan fingerprint density at radius 1 is 1.55 bits per heavy atom. The summed E-state index contributed by atoms with van der Waals surface area (Å²) in [6, 6.07) is 0. The number of aliphatic hydroxyl groups is 1. The summed E-state index contributed by atoms with van der Waals surface area (Å²) < 4.78 is 0. The lowest BCUT2D eigenvalue weighted by Gasteiger charge is -2.26. The minimum absolute atomic E-state index is 0.305. The molecule has 2 heteroatoms. The molecule has 0 saturated heterocycles. The summed E-state index contributed by atoms with van der Waals surface area (Å²) in [7, 11) is 0. The highest BCUT2D eigenvalue weighted by Gasteiger charge is 2.45. The summed E-state index contributed by atoms with van der Waals surface area (Å²) in [6.07, 6.45) is 4.13. The molecule has 11 heavy (non-hydrogen) atoms. The van der Waals surface area contributed by atoms with Gasteiger partial charge in [-0.25, -0.2) is 0 Å². The lowest BCUT2D eigenvalue weighted by atomic mass is 9.88. The van der Waals surface area contributed by atoms with Gasteiger partial charge in [-0.2, -0.15) is 0 Å². The van der Waals surface area contributed by atoms with Crippen molar-refractivity contribution in [3.05, 3.63) is 0 Å². The molecule has 1 saturated carbocycles. The Morgan fingerprint density at radius 3 is 2.36 bits per heavy atom. The van der Waals surface area contributed by atoms with Crippen LogP contribution in [0.4, 0.5) is 0 Å². The zero-order valence-corrected chi connectivity index (χ0v) is 7.56. The lowest BCUT2D eigenvalue weighted by Crippen LogP contribution is -2.30. The van der Waals surface area contributed by atoms with Crippen LogP contribution in [-0.2, 0) is 0 Å². The van der Waals surface area contributed by atoms with E-state index in [9.17, 15) is 5.11 Å². The predicted octanol–water partition coefficient (Wildman–Crippen LogP) is 1.28. The molecule has 2 nitrogen and oxygen atoms in total. The van der Waals surface area contributed by atoms with Gasteiger partial charge >= 0.3 is 0 Å². The minimum atomic E-state index is -0.490. The van der Waals surface area contributed by atoms with E-state index < -0.39 is 5.60 Å². The smallest absolute Gasteiger partial charge is 0.0623 e. The maximum atomic E-state index is 9.77. The number of hydrogen-bond acceptors (Lipinski definition) is 2. The van der Waals surface area contributed by atoms with Crippen LogP contribution in [0.2, 0.25) is 0 Å². The Kier molecular flexibility index (Phi) is 2.26. The largest absolute Gasteiger partial charge is 0.390 e. The Balaban J connectivity index is 2.41. The summed E-state index contributed by atoms with van der Waals surface area (Å²) in [5.41, 5.74) is 5.43. The van der Waals surface area contributed by atoms with Crippen LogP contribution < -0.4 is 5.73 Å². The van der Waals surface area contributed by atoms with E-state index in [1.54, 1.807) is 0 Å². The van der Waals surface area contributed by atoms with Gasteiger partial charge in [0.1, 0.15) is 0 Å². The molecule has 0 bridgehead atoms. The fraction of sp³-hybridized carbons (Fsp3) is 1.00. The Labute approximate surface area is 68.8 Å². The van der Waals surface area contributed by atoms with Crippen molar-refractivity contribution in [2.24, 2.45) is 11.1 Å². The SMILES string of the molecule is CCC(C)(O)CC1(CN)CC1. The van der Waals surface area contributed by atoms with Gasteiger partial charge in [-0.3, -0.25) is 0 Å². The first-order valence-electron chi connectivity index (χ1n) is 4.46. The molecular weight excluding hydrogens is 138 g/mol. The molecule has 3 N–H and O–H groups in total. The van der Waals surface area contributed by atoms with Crippen molar-refractivity contribution in [1.82, 2.24) is 0 Å². The molecule has 0 amide bonds. The molecule has 0 aromatic carbocycles. The van der Waals surface area contributed by atoms with Crippen LogP contribution in [0, 0.1) is 5.41 Å². The highest BCUT2D eigenvalue weighted by atomic mass is 16.3. The van der Waals surface area contributed by atoms with Crippen LogP contribution in [0.15, 0.2) is 0 Å². The van der Waals surface area contributed by atoms with Crippen LogP contribution in [0.25, 0.3) is 0 Å². The third-order valence-electron chi connectivity index (χ3n) is 2.91. The molecule has 0 aromatic heterocycles. The van der Waals surface area contributed by atoms with Crippen molar-refractivity contribution < 1.29 is 5.11 Å².